The molecule has 4 aromatic rings. The van der Waals surface area contributed by atoms with Crippen molar-refractivity contribution in [2.45, 2.75) is 6.92 Å². The summed E-state index contributed by atoms with van der Waals surface area (Å²) in [6.07, 6.45) is 0. The third-order valence-electron chi connectivity index (χ3n) is 3.18. The normalized spacial score (nSPS) is 11.3. The van der Waals surface area contributed by atoms with E-state index in [0.29, 0.717) is 11.0 Å². The van der Waals surface area contributed by atoms with Crippen LogP contribution in [-0.4, -0.2) is 9.97 Å². The van der Waals surface area contributed by atoms with Crippen LogP contribution in [0, 0.1) is 6.92 Å². The Labute approximate surface area is 129 Å². The molecule has 0 radical (unpaired) electrons. The predicted octanol–water partition coefficient (Wildman–Crippen LogP) is 5.14. The molecule has 2 heterocycles. The number of hydrogen-bond donors (Lipinski definition) is 1. The molecule has 0 atom stereocenters. The van der Waals surface area contributed by atoms with Gasteiger partial charge in [0.2, 0.25) is 0 Å². The first-order valence-electron chi connectivity index (χ1n) is 6.38. The molecule has 0 aliphatic carbocycles. The molecule has 0 bridgehead atoms. The van der Waals surface area contributed by atoms with E-state index in [0.717, 1.165) is 32.0 Å². The molecule has 0 aliphatic rings. The molecule has 2 aromatic carbocycles. The molecule has 0 saturated heterocycles. The van der Waals surface area contributed by atoms with Crippen molar-refractivity contribution in [2.24, 2.45) is 0 Å². The van der Waals surface area contributed by atoms with Crippen molar-refractivity contribution >= 4 is 55.4 Å². The van der Waals surface area contributed by atoms with Gasteiger partial charge in [0.05, 0.1) is 10.2 Å². The van der Waals surface area contributed by atoms with Crippen LogP contribution in [0.3, 0.4) is 0 Å². The molecule has 104 valence electrons. The summed E-state index contributed by atoms with van der Waals surface area (Å²) >= 11 is 7.51. The van der Waals surface area contributed by atoms with Crippen LogP contribution >= 0.6 is 22.9 Å². The number of aromatic nitrogens is 2. The Morgan fingerprint density at radius 2 is 2.05 bits per heavy atom. The average Bonchev–Trinajstić information content (AvgIpc) is 3.02. The Balaban J connectivity index is 1.73. The fourth-order valence-electron chi connectivity index (χ4n) is 2.19. The van der Waals surface area contributed by atoms with Crippen molar-refractivity contribution in [2.75, 3.05) is 5.32 Å². The van der Waals surface area contributed by atoms with Crippen LogP contribution in [0.25, 0.3) is 21.3 Å². The molecule has 0 fully saturated rings. The lowest BCUT2D eigenvalue weighted by molar-refractivity contribution is 0.620. The highest BCUT2D eigenvalue weighted by Crippen LogP contribution is 2.31. The number of halogens is 1. The Morgan fingerprint density at radius 1 is 1.14 bits per heavy atom. The maximum atomic E-state index is 5.97. The van der Waals surface area contributed by atoms with Crippen LogP contribution in [0.15, 0.2) is 40.8 Å². The SMILES string of the molecule is Cc1cccc2nc(Nc3nc4cc(Cl)ccc4s3)oc12. The minimum Gasteiger partial charge on any atom is -0.423 e. The summed E-state index contributed by atoms with van der Waals surface area (Å²) in [5.74, 6) is 0. The smallest absolute Gasteiger partial charge is 0.302 e. The van der Waals surface area contributed by atoms with Gasteiger partial charge in [-0.3, -0.25) is 5.32 Å². The number of aryl methyl sites for hydroxylation is 1. The van der Waals surface area contributed by atoms with Crippen LogP contribution in [0.1, 0.15) is 5.56 Å². The van der Waals surface area contributed by atoms with Crippen molar-refractivity contribution in [3.8, 4) is 0 Å². The second-order valence-electron chi connectivity index (χ2n) is 4.70. The molecule has 2 aromatic heterocycles. The van der Waals surface area contributed by atoms with E-state index in [9.17, 15) is 0 Å². The van der Waals surface area contributed by atoms with Crippen LogP contribution < -0.4 is 5.32 Å². The topological polar surface area (TPSA) is 51.0 Å². The second kappa shape index (κ2) is 4.72. The Hall–Kier alpha value is -2.11. The number of nitrogens with zero attached hydrogens (tertiary/aromatic N) is 2. The number of nitrogens with one attached hydrogen (secondary N) is 1. The van der Waals surface area contributed by atoms with Crippen LogP contribution in [0.5, 0.6) is 0 Å². The van der Waals surface area contributed by atoms with Gasteiger partial charge >= 0.3 is 6.01 Å². The zero-order chi connectivity index (χ0) is 14.4. The van der Waals surface area contributed by atoms with Gasteiger partial charge in [-0.15, -0.1) is 0 Å². The first-order valence-corrected chi connectivity index (χ1v) is 7.58. The fourth-order valence-corrected chi connectivity index (χ4v) is 3.19. The van der Waals surface area contributed by atoms with Gasteiger partial charge in [-0.1, -0.05) is 35.1 Å². The van der Waals surface area contributed by atoms with Gasteiger partial charge in [0.25, 0.3) is 0 Å². The first-order chi connectivity index (χ1) is 10.2. The number of anilines is 2. The third-order valence-corrected chi connectivity index (χ3v) is 4.36. The fraction of sp³-hybridized carbons (Fsp3) is 0.0667. The van der Waals surface area contributed by atoms with Gasteiger partial charge in [-0.25, -0.2) is 4.98 Å². The number of oxazole rings is 1. The number of fused-ring (bicyclic) bond motifs is 2. The van der Waals surface area contributed by atoms with Gasteiger partial charge in [-0.05, 0) is 36.8 Å². The molecule has 4 rings (SSSR count). The molecule has 4 nitrogen and oxygen atoms in total. The van der Waals surface area contributed by atoms with E-state index >= 15 is 0 Å². The first kappa shape index (κ1) is 12.6. The van der Waals surface area contributed by atoms with Crippen molar-refractivity contribution in [1.29, 1.82) is 0 Å². The van der Waals surface area contributed by atoms with Crippen molar-refractivity contribution < 1.29 is 4.42 Å². The summed E-state index contributed by atoms with van der Waals surface area (Å²) in [7, 11) is 0. The van der Waals surface area contributed by atoms with Crippen molar-refractivity contribution in [3.05, 3.63) is 47.0 Å². The molecule has 0 saturated carbocycles. The lowest BCUT2D eigenvalue weighted by atomic mass is 10.2. The molecule has 6 heteroatoms. The number of hydrogen-bond acceptors (Lipinski definition) is 5. The van der Waals surface area contributed by atoms with Crippen molar-refractivity contribution in [1.82, 2.24) is 9.97 Å². The Morgan fingerprint density at radius 3 is 2.90 bits per heavy atom. The highest BCUT2D eigenvalue weighted by molar-refractivity contribution is 7.22. The maximum absolute atomic E-state index is 5.97. The maximum Gasteiger partial charge on any atom is 0.302 e. The summed E-state index contributed by atoms with van der Waals surface area (Å²) in [5.41, 5.74) is 3.55. The van der Waals surface area contributed by atoms with Crippen molar-refractivity contribution in [3.63, 3.8) is 0 Å². The molecule has 21 heavy (non-hydrogen) atoms. The summed E-state index contributed by atoms with van der Waals surface area (Å²) in [5, 5.41) is 4.53. The number of rotatable bonds is 2. The minimum absolute atomic E-state index is 0.449. The molecular weight excluding hydrogens is 306 g/mol. The van der Waals surface area contributed by atoms with E-state index in [1.54, 1.807) is 0 Å². The summed E-state index contributed by atoms with van der Waals surface area (Å²) in [4.78, 5) is 8.90. The largest absolute Gasteiger partial charge is 0.423 e. The Bertz CT molecular complexity index is 960. The highest BCUT2D eigenvalue weighted by atomic mass is 35.5. The lowest BCUT2D eigenvalue weighted by Crippen LogP contribution is -1.88. The third kappa shape index (κ3) is 2.24. The lowest BCUT2D eigenvalue weighted by Gasteiger charge is -1.93. The molecular formula is C15H10ClN3OS. The zero-order valence-electron chi connectivity index (χ0n) is 11.1. The molecule has 1 N–H and O–H groups in total. The van der Waals surface area contributed by atoms with E-state index in [-0.39, 0.29) is 0 Å². The number of thiazole rings is 1. The number of para-hydroxylation sites is 1. The minimum atomic E-state index is 0.449. The van der Waals surface area contributed by atoms with Gasteiger partial charge in [0.1, 0.15) is 5.52 Å². The van der Waals surface area contributed by atoms with Crippen LogP contribution in [0.4, 0.5) is 11.1 Å². The standard InChI is InChI=1S/C15H10ClN3OS/c1-8-3-2-4-10-13(8)20-14(17-10)19-15-18-11-7-9(16)5-6-12(11)21-15/h2-7H,1H3,(H,17,18,19). The van der Waals surface area contributed by atoms with E-state index in [4.69, 9.17) is 16.0 Å². The highest BCUT2D eigenvalue weighted by Gasteiger charge is 2.10. The Kier molecular flexibility index (Phi) is 2.83. The molecule has 0 spiro atoms. The van der Waals surface area contributed by atoms with Crippen LogP contribution in [-0.2, 0) is 0 Å². The second-order valence-corrected chi connectivity index (χ2v) is 6.17. The summed E-state index contributed by atoms with van der Waals surface area (Å²) in [6.45, 7) is 2.00. The number of benzene rings is 2. The average molecular weight is 316 g/mol. The zero-order valence-corrected chi connectivity index (χ0v) is 12.6. The summed E-state index contributed by atoms with van der Waals surface area (Å²) in [6, 6.07) is 12.0. The van der Waals surface area contributed by atoms with E-state index in [2.05, 4.69) is 15.3 Å². The van der Waals surface area contributed by atoms with Gasteiger partial charge in [-0.2, -0.15) is 4.98 Å². The predicted molar refractivity (Wildman–Crippen MR) is 86.7 cm³/mol. The van der Waals surface area contributed by atoms with E-state index in [1.807, 2.05) is 43.3 Å². The van der Waals surface area contributed by atoms with Gasteiger partial charge in [0.15, 0.2) is 10.7 Å². The molecule has 0 unspecified atom stereocenters. The monoisotopic (exact) mass is 315 g/mol. The summed E-state index contributed by atoms with van der Waals surface area (Å²) < 4.78 is 6.80. The molecule has 0 aliphatic heterocycles. The van der Waals surface area contributed by atoms with E-state index in [1.165, 1.54) is 11.3 Å². The van der Waals surface area contributed by atoms with Gasteiger partial charge < -0.3 is 4.42 Å². The van der Waals surface area contributed by atoms with Crippen LogP contribution in [0.2, 0.25) is 5.02 Å². The van der Waals surface area contributed by atoms with Gasteiger partial charge in [0, 0.05) is 5.02 Å². The quantitative estimate of drug-likeness (QED) is 0.556. The molecule has 0 amide bonds. The van der Waals surface area contributed by atoms with E-state index < -0.39 is 0 Å².